The minimum atomic E-state index is -3.30. The van der Waals surface area contributed by atoms with Crippen molar-refractivity contribution >= 4 is 21.6 Å². The van der Waals surface area contributed by atoms with Crippen molar-refractivity contribution in [2.75, 3.05) is 30.7 Å². The lowest BCUT2D eigenvalue weighted by molar-refractivity contribution is 0.0362. The van der Waals surface area contributed by atoms with Crippen molar-refractivity contribution in [2.45, 2.75) is 0 Å². The van der Waals surface area contributed by atoms with Gasteiger partial charge in [0.15, 0.2) is 0 Å². The monoisotopic (exact) mass is 284 g/mol. The number of likely N-dealkylation sites (tertiary alicyclic amines) is 1. The first-order valence-corrected chi connectivity index (χ1v) is 7.76. The highest BCUT2D eigenvalue weighted by Gasteiger charge is 2.30. The molecule has 0 spiro atoms. The van der Waals surface area contributed by atoms with Crippen molar-refractivity contribution in [3.63, 3.8) is 0 Å². The van der Waals surface area contributed by atoms with Gasteiger partial charge in [0.05, 0.1) is 6.26 Å². The van der Waals surface area contributed by atoms with Crippen LogP contribution in [0.15, 0.2) is 24.3 Å². The number of amides is 1. The van der Waals surface area contributed by atoms with Crippen LogP contribution >= 0.6 is 0 Å². The number of rotatable bonds is 4. The summed E-state index contributed by atoms with van der Waals surface area (Å²) >= 11 is 0. The molecule has 104 valence electrons. The fraction of sp³-hybridized carbons (Fsp3) is 0.417. The first-order chi connectivity index (χ1) is 8.89. The van der Waals surface area contributed by atoms with Gasteiger partial charge in [0.25, 0.3) is 5.91 Å². The Hall–Kier alpha value is -1.60. The van der Waals surface area contributed by atoms with Gasteiger partial charge in [-0.15, -0.1) is 0 Å². The van der Waals surface area contributed by atoms with E-state index in [1.165, 1.54) is 0 Å². The Kier molecular flexibility index (Phi) is 3.77. The van der Waals surface area contributed by atoms with Crippen molar-refractivity contribution < 1.29 is 18.3 Å². The quantitative estimate of drug-likeness (QED) is 0.822. The Morgan fingerprint density at radius 3 is 2.42 bits per heavy atom. The van der Waals surface area contributed by atoms with Crippen LogP contribution in [0.1, 0.15) is 10.4 Å². The Labute approximate surface area is 112 Å². The zero-order valence-electron chi connectivity index (χ0n) is 10.5. The summed E-state index contributed by atoms with van der Waals surface area (Å²) in [5.74, 6) is 0.0747. The number of nitrogens with zero attached hydrogens (tertiary/aromatic N) is 1. The average Bonchev–Trinajstić information content (AvgIpc) is 2.26. The van der Waals surface area contributed by atoms with Crippen LogP contribution in [0.2, 0.25) is 0 Å². The lowest BCUT2D eigenvalue weighted by Crippen LogP contribution is -2.51. The number of aliphatic hydroxyl groups excluding tert-OH is 1. The van der Waals surface area contributed by atoms with Gasteiger partial charge < -0.3 is 10.0 Å². The fourth-order valence-electron chi connectivity index (χ4n) is 1.93. The Balaban J connectivity index is 2.01. The van der Waals surface area contributed by atoms with E-state index in [4.69, 9.17) is 5.11 Å². The molecule has 6 nitrogen and oxygen atoms in total. The first kappa shape index (κ1) is 13.8. The number of nitrogens with one attached hydrogen (secondary N) is 1. The number of aliphatic hydroxyl groups is 1. The van der Waals surface area contributed by atoms with Gasteiger partial charge in [-0.25, -0.2) is 8.42 Å². The third kappa shape index (κ3) is 3.45. The van der Waals surface area contributed by atoms with Crippen LogP contribution in [0.5, 0.6) is 0 Å². The van der Waals surface area contributed by atoms with Crippen LogP contribution in [0, 0.1) is 5.92 Å². The van der Waals surface area contributed by atoms with Gasteiger partial charge >= 0.3 is 0 Å². The third-order valence-corrected chi connectivity index (χ3v) is 3.54. The molecule has 19 heavy (non-hydrogen) atoms. The first-order valence-electron chi connectivity index (χ1n) is 5.87. The lowest BCUT2D eigenvalue weighted by Gasteiger charge is -2.38. The maximum absolute atomic E-state index is 12.0. The number of hydrogen-bond donors (Lipinski definition) is 2. The summed E-state index contributed by atoms with van der Waals surface area (Å²) in [4.78, 5) is 13.6. The van der Waals surface area contributed by atoms with E-state index in [1.54, 1.807) is 29.2 Å². The summed E-state index contributed by atoms with van der Waals surface area (Å²) in [6.45, 7) is 1.23. The van der Waals surface area contributed by atoms with Crippen LogP contribution in [0.25, 0.3) is 0 Å². The van der Waals surface area contributed by atoms with Crippen LogP contribution in [0.3, 0.4) is 0 Å². The number of hydrogen-bond acceptors (Lipinski definition) is 4. The van der Waals surface area contributed by atoms with Crippen molar-refractivity contribution in [3.05, 3.63) is 29.8 Å². The molecule has 0 aliphatic carbocycles. The Bertz CT molecular complexity index is 562. The summed E-state index contributed by atoms with van der Waals surface area (Å²) in [7, 11) is -3.30. The molecule has 0 unspecified atom stereocenters. The molecule has 0 atom stereocenters. The van der Waals surface area contributed by atoms with Crippen LogP contribution in [0.4, 0.5) is 5.69 Å². The molecule has 0 radical (unpaired) electrons. The molecule has 0 aromatic heterocycles. The molecule has 1 aliphatic rings. The van der Waals surface area contributed by atoms with E-state index in [1.807, 2.05) is 0 Å². The number of carbonyl (C=O) groups is 1. The third-order valence-electron chi connectivity index (χ3n) is 2.94. The highest BCUT2D eigenvalue weighted by atomic mass is 32.2. The Morgan fingerprint density at radius 1 is 1.37 bits per heavy atom. The molecule has 2 rings (SSSR count). The predicted molar refractivity (Wildman–Crippen MR) is 71.4 cm³/mol. The molecule has 1 aromatic carbocycles. The highest BCUT2D eigenvalue weighted by Crippen LogP contribution is 2.19. The molecule has 1 aliphatic heterocycles. The lowest BCUT2D eigenvalue weighted by atomic mass is 10.00. The van der Waals surface area contributed by atoms with E-state index >= 15 is 0 Å². The van der Waals surface area contributed by atoms with E-state index in [2.05, 4.69) is 4.72 Å². The molecule has 1 heterocycles. The molecule has 1 fully saturated rings. The fourth-order valence-corrected chi connectivity index (χ4v) is 2.49. The van der Waals surface area contributed by atoms with Crippen molar-refractivity contribution in [3.8, 4) is 0 Å². The highest BCUT2D eigenvalue weighted by molar-refractivity contribution is 7.92. The zero-order chi connectivity index (χ0) is 14.0. The van der Waals surface area contributed by atoms with Gasteiger partial charge in [0, 0.05) is 36.9 Å². The van der Waals surface area contributed by atoms with Gasteiger partial charge in [0.1, 0.15) is 0 Å². The molecular formula is C12H16N2O4S. The SMILES string of the molecule is CS(=O)(=O)Nc1ccc(C(=O)N2CC(CO)C2)cc1. The maximum Gasteiger partial charge on any atom is 0.253 e. The van der Waals surface area contributed by atoms with E-state index in [-0.39, 0.29) is 18.4 Å². The van der Waals surface area contributed by atoms with Crippen molar-refractivity contribution in [2.24, 2.45) is 5.92 Å². The van der Waals surface area contributed by atoms with E-state index in [0.717, 1.165) is 6.26 Å². The summed E-state index contributed by atoms with van der Waals surface area (Å²) in [5, 5.41) is 8.90. The minimum Gasteiger partial charge on any atom is -0.396 e. The number of carbonyl (C=O) groups excluding carboxylic acids is 1. The molecule has 7 heteroatoms. The van der Waals surface area contributed by atoms with Crippen molar-refractivity contribution in [1.82, 2.24) is 4.90 Å². The number of benzene rings is 1. The topological polar surface area (TPSA) is 86.7 Å². The zero-order valence-corrected chi connectivity index (χ0v) is 11.4. The standard InChI is InChI=1S/C12H16N2O4S/c1-19(17,18)13-11-4-2-10(3-5-11)12(16)14-6-9(7-14)8-15/h2-5,9,13,15H,6-8H2,1H3. The summed E-state index contributed by atoms with van der Waals surface area (Å²) in [6, 6.07) is 6.28. The normalized spacial score (nSPS) is 16.0. The van der Waals surface area contributed by atoms with Gasteiger partial charge in [-0.1, -0.05) is 0 Å². The average molecular weight is 284 g/mol. The molecule has 0 bridgehead atoms. The molecule has 2 N–H and O–H groups in total. The summed E-state index contributed by atoms with van der Waals surface area (Å²) in [6.07, 6.45) is 1.07. The van der Waals surface area contributed by atoms with Gasteiger partial charge in [-0.2, -0.15) is 0 Å². The summed E-state index contributed by atoms with van der Waals surface area (Å²) in [5.41, 5.74) is 0.936. The summed E-state index contributed by atoms with van der Waals surface area (Å²) < 4.78 is 24.4. The molecular weight excluding hydrogens is 268 g/mol. The second-order valence-electron chi connectivity index (χ2n) is 4.71. The van der Waals surface area contributed by atoms with Crippen LogP contribution in [-0.4, -0.2) is 50.3 Å². The second kappa shape index (κ2) is 5.18. The van der Waals surface area contributed by atoms with Crippen molar-refractivity contribution in [1.29, 1.82) is 0 Å². The van der Waals surface area contributed by atoms with Crippen LogP contribution < -0.4 is 4.72 Å². The van der Waals surface area contributed by atoms with E-state index in [0.29, 0.717) is 24.3 Å². The largest absolute Gasteiger partial charge is 0.396 e. The molecule has 1 saturated heterocycles. The van der Waals surface area contributed by atoms with E-state index < -0.39 is 10.0 Å². The molecule has 1 amide bonds. The minimum absolute atomic E-state index is 0.0982. The predicted octanol–water partition coefficient (Wildman–Crippen LogP) is 0.122. The van der Waals surface area contributed by atoms with Crippen LogP contribution in [-0.2, 0) is 10.0 Å². The Morgan fingerprint density at radius 2 is 1.95 bits per heavy atom. The molecule has 0 saturated carbocycles. The molecule has 1 aromatic rings. The number of anilines is 1. The van der Waals surface area contributed by atoms with E-state index in [9.17, 15) is 13.2 Å². The smallest absolute Gasteiger partial charge is 0.253 e. The van der Waals surface area contributed by atoms with Gasteiger partial charge in [0.2, 0.25) is 10.0 Å². The maximum atomic E-state index is 12.0. The second-order valence-corrected chi connectivity index (χ2v) is 6.46. The number of sulfonamides is 1. The van der Waals surface area contributed by atoms with Gasteiger partial charge in [-0.3, -0.25) is 9.52 Å². The van der Waals surface area contributed by atoms with Gasteiger partial charge in [-0.05, 0) is 24.3 Å².